The first-order valence-corrected chi connectivity index (χ1v) is 6.52. The Balaban J connectivity index is 2.89. The van der Waals surface area contributed by atoms with Crippen molar-refractivity contribution in [2.75, 3.05) is 19.6 Å². The quantitative estimate of drug-likeness (QED) is 0.745. The Hall–Kier alpha value is -1.14. The van der Waals surface area contributed by atoms with Crippen molar-refractivity contribution in [3.8, 4) is 0 Å². The third-order valence-corrected chi connectivity index (χ3v) is 3.37. The van der Waals surface area contributed by atoms with E-state index in [-0.39, 0.29) is 18.0 Å². The fraction of sp³-hybridized carbons (Fsp3) is 0.846. The van der Waals surface area contributed by atoms with Crippen molar-refractivity contribution in [3.05, 3.63) is 0 Å². The van der Waals surface area contributed by atoms with Gasteiger partial charge < -0.3 is 15.7 Å². The number of nitrogens with two attached hydrogens (primary N) is 1. The van der Waals surface area contributed by atoms with Crippen LogP contribution >= 0.6 is 0 Å². The second-order valence-corrected chi connectivity index (χ2v) is 6.69. The smallest absolute Gasteiger partial charge is 0.322 e. The van der Waals surface area contributed by atoms with Crippen LogP contribution in [0.15, 0.2) is 0 Å². The summed E-state index contributed by atoms with van der Waals surface area (Å²) in [4.78, 5) is 27.0. The van der Waals surface area contributed by atoms with Gasteiger partial charge in [-0.25, -0.2) is 0 Å². The first-order chi connectivity index (χ1) is 8.44. The monoisotopic (exact) mass is 271 g/mol. The van der Waals surface area contributed by atoms with E-state index in [1.54, 1.807) is 18.7 Å². The van der Waals surface area contributed by atoms with Crippen LogP contribution in [0.4, 0.5) is 0 Å². The molecule has 6 nitrogen and oxygen atoms in total. The lowest BCUT2D eigenvalue weighted by atomic mass is 9.98. The number of piperazine rings is 1. The summed E-state index contributed by atoms with van der Waals surface area (Å²) >= 11 is 0. The predicted molar refractivity (Wildman–Crippen MR) is 72.7 cm³/mol. The van der Waals surface area contributed by atoms with Gasteiger partial charge in [0.25, 0.3) is 0 Å². The SMILES string of the molecule is CC(C)(N)C(=O)N1CCN(C(C)(C)C)[C@H](C(=O)O)C1. The lowest BCUT2D eigenvalue weighted by molar-refractivity contribution is -0.153. The van der Waals surface area contributed by atoms with Crippen LogP contribution in [-0.2, 0) is 9.59 Å². The number of hydrogen-bond donors (Lipinski definition) is 2. The number of aliphatic carboxylic acids is 1. The van der Waals surface area contributed by atoms with Crippen LogP contribution in [0.1, 0.15) is 34.6 Å². The number of nitrogens with zero attached hydrogens (tertiary/aromatic N) is 2. The molecule has 1 amide bonds. The van der Waals surface area contributed by atoms with E-state index in [9.17, 15) is 14.7 Å². The molecule has 1 saturated heterocycles. The number of carboxylic acid groups (broad SMARTS) is 1. The largest absolute Gasteiger partial charge is 0.480 e. The molecule has 0 spiro atoms. The predicted octanol–water partition coefficient (Wildman–Crippen LogP) is 0.120. The third-order valence-electron chi connectivity index (χ3n) is 3.37. The second kappa shape index (κ2) is 5.09. The molecule has 1 fully saturated rings. The molecule has 6 heteroatoms. The number of amides is 1. The van der Waals surface area contributed by atoms with E-state index in [1.807, 2.05) is 25.7 Å². The van der Waals surface area contributed by atoms with E-state index in [1.165, 1.54) is 0 Å². The van der Waals surface area contributed by atoms with Gasteiger partial charge in [-0.15, -0.1) is 0 Å². The average molecular weight is 271 g/mol. The van der Waals surface area contributed by atoms with Crippen molar-refractivity contribution in [3.63, 3.8) is 0 Å². The molecule has 0 aromatic rings. The van der Waals surface area contributed by atoms with Gasteiger partial charge >= 0.3 is 5.97 Å². The van der Waals surface area contributed by atoms with E-state index in [4.69, 9.17) is 5.73 Å². The zero-order valence-corrected chi connectivity index (χ0v) is 12.4. The van der Waals surface area contributed by atoms with E-state index < -0.39 is 17.6 Å². The summed E-state index contributed by atoms with van der Waals surface area (Å²) in [5.41, 5.74) is 4.59. The van der Waals surface area contributed by atoms with Crippen molar-refractivity contribution in [1.29, 1.82) is 0 Å². The van der Waals surface area contributed by atoms with E-state index in [2.05, 4.69) is 0 Å². The number of hydrogen-bond acceptors (Lipinski definition) is 4. The molecule has 110 valence electrons. The van der Waals surface area contributed by atoms with E-state index in [0.29, 0.717) is 13.1 Å². The average Bonchev–Trinajstić information content (AvgIpc) is 2.24. The van der Waals surface area contributed by atoms with Crippen LogP contribution in [0.5, 0.6) is 0 Å². The molecule has 0 aliphatic carbocycles. The fourth-order valence-corrected chi connectivity index (χ4v) is 2.39. The molecule has 1 rings (SSSR count). The van der Waals surface area contributed by atoms with Gasteiger partial charge in [0.1, 0.15) is 6.04 Å². The summed E-state index contributed by atoms with van der Waals surface area (Å²) in [5, 5.41) is 9.36. The summed E-state index contributed by atoms with van der Waals surface area (Å²) < 4.78 is 0. The number of carbonyl (C=O) groups excluding carboxylic acids is 1. The zero-order chi connectivity index (χ0) is 15.0. The highest BCUT2D eigenvalue weighted by Gasteiger charge is 2.41. The highest BCUT2D eigenvalue weighted by Crippen LogP contribution is 2.22. The van der Waals surface area contributed by atoms with Gasteiger partial charge in [0, 0.05) is 25.2 Å². The molecule has 0 radical (unpaired) electrons. The molecular weight excluding hydrogens is 246 g/mol. The third kappa shape index (κ3) is 3.67. The first-order valence-electron chi connectivity index (χ1n) is 6.52. The van der Waals surface area contributed by atoms with Gasteiger partial charge in [0.2, 0.25) is 5.91 Å². The number of carboxylic acids is 1. The summed E-state index contributed by atoms with van der Waals surface area (Å²) in [7, 11) is 0. The molecule has 3 N–H and O–H groups in total. The van der Waals surface area contributed by atoms with Crippen LogP contribution < -0.4 is 5.73 Å². The second-order valence-electron chi connectivity index (χ2n) is 6.69. The Morgan fingerprint density at radius 3 is 2.05 bits per heavy atom. The summed E-state index contributed by atoms with van der Waals surface area (Å²) in [6, 6.07) is -0.681. The van der Waals surface area contributed by atoms with Crippen molar-refractivity contribution in [2.45, 2.75) is 51.7 Å². The Bertz CT molecular complexity index is 368. The maximum Gasteiger partial charge on any atom is 0.322 e. The summed E-state index contributed by atoms with van der Waals surface area (Å²) in [6.45, 7) is 10.5. The minimum atomic E-state index is -0.965. The molecule has 1 heterocycles. The van der Waals surface area contributed by atoms with Gasteiger partial charge in [-0.3, -0.25) is 14.5 Å². The number of rotatable bonds is 2. The van der Waals surface area contributed by atoms with Crippen LogP contribution in [0, 0.1) is 0 Å². The molecule has 1 aliphatic heterocycles. The zero-order valence-electron chi connectivity index (χ0n) is 12.4. The molecule has 0 aromatic heterocycles. The van der Waals surface area contributed by atoms with Crippen molar-refractivity contribution < 1.29 is 14.7 Å². The van der Waals surface area contributed by atoms with Gasteiger partial charge in [-0.05, 0) is 34.6 Å². The van der Waals surface area contributed by atoms with Gasteiger partial charge in [-0.2, -0.15) is 0 Å². The lowest BCUT2D eigenvalue weighted by Gasteiger charge is -2.47. The van der Waals surface area contributed by atoms with Crippen LogP contribution in [0.25, 0.3) is 0 Å². The first kappa shape index (κ1) is 15.9. The molecule has 19 heavy (non-hydrogen) atoms. The molecule has 1 aliphatic rings. The van der Waals surface area contributed by atoms with Crippen molar-refractivity contribution >= 4 is 11.9 Å². The van der Waals surface area contributed by atoms with Gasteiger partial charge in [0.05, 0.1) is 5.54 Å². The van der Waals surface area contributed by atoms with Crippen LogP contribution in [0.2, 0.25) is 0 Å². The maximum absolute atomic E-state index is 12.1. The lowest BCUT2D eigenvalue weighted by Crippen LogP contribution is -2.65. The Labute approximate surface area is 114 Å². The summed E-state index contributed by atoms with van der Waals surface area (Å²) in [5.74, 6) is -1.10. The maximum atomic E-state index is 12.1. The molecular formula is C13H25N3O3. The Kier molecular flexibility index (Phi) is 4.27. The fourth-order valence-electron chi connectivity index (χ4n) is 2.39. The minimum absolute atomic E-state index is 0.187. The van der Waals surface area contributed by atoms with Crippen LogP contribution in [0.3, 0.4) is 0 Å². The highest BCUT2D eigenvalue weighted by atomic mass is 16.4. The van der Waals surface area contributed by atoms with Gasteiger partial charge in [0.15, 0.2) is 0 Å². The minimum Gasteiger partial charge on any atom is -0.480 e. The Morgan fingerprint density at radius 1 is 1.16 bits per heavy atom. The van der Waals surface area contributed by atoms with Crippen molar-refractivity contribution in [1.82, 2.24) is 9.80 Å². The number of carbonyl (C=O) groups is 2. The molecule has 0 aromatic carbocycles. The van der Waals surface area contributed by atoms with Crippen LogP contribution in [-0.4, -0.2) is 63.5 Å². The molecule has 0 unspecified atom stereocenters. The van der Waals surface area contributed by atoms with Gasteiger partial charge in [-0.1, -0.05) is 0 Å². The molecule has 0 bridgehead atoms. The van der Waals surface area contributed by atoms with E-state index >= 15 is 0 Å². The Morgan fingerprint density at radius 2 is 1.68 bits per heavy atom. The van der Waals surface area contributed by atoms with E-state index in [0.717, 1.165) is 0 Å². The standard InChI is InChI=1S/C13H25N3O3/c1-12(2,3)16-7-6-15(8-9(16)10(17)18)11(19)13(4,5)14/h9H,6-8,14H2,1-5H3,(H,17,18)/t9-/m0/s1. The topological polar surface area (TPSA) is 86.9 Å². The molecule has 0 saturated carbocycles. The highest BCUT2D eigenvalue weighted by molar-refractivity contribution is 5.86. The summed E-state index contributed by atoms with van der Waals surface area (Å²) in [6.07, 6.45) is 0. The van der Waals surface area contributed by atoms with Crippen molar-refractivity contribution in [2.24, 2.45) is 5.73 Å². The normalized spacial score (nSPS) is 22.4. The molecule has 1 atom stereocenters.